The van der Waals surface area contributed by atoms with E-state index in [9.17, 15) is 8.78 Å². The SMILES string of the molecule is CC1(C)OB(c2ccc(F)c(Cl)c2F)OC1(C)C. The molecular weight excluding hydrogens is 260 g/mol. The lowest BCUT2D eigenvalue weighted by molar-refractivity contribution is 0.00578. The number of benzene rings is 1. The summed E-state index contributed by atoms with van der Waals surface area (Å²) in [6.45, 7) is 7.43. The zero-order chi connectivity index (χ0) is 13.7. The van der Waals surface area contributed by atoms with Gasteiger partial charge in [0.2, 0.25) is 0 Å². The van der Waals surface area contributed by atoms with Crippen molar-refractivity contribution in [3.05, 3.63) is 28.8 Å². The molecule has 0 spiro atoms. The van der Waals surface area contributed by atoms with Gasteiger partial charge in [-0.3, -0.25) is 0 Å². The maximum atomic E-state index is 13.9. The highest BCUT2D eigenvalue weighted by Crippen LogP contribution is 2.37. The van der Waals surface area contributed by atoms with E-state index < -0.39 is 35.0 Å². The predicted octanol–water partition coefficient (Wildman–Crippen LogP) is 2.92. The van der Waals surface area contributed by atoms with Crippen molar-refractivity contribution >= 4 is 24.2 Å². The van der Waals surface area contributed by atoms with Crippen LogP contribution in [-0.2, 0) is 9.31 Å². The third kappa shape index (κ3) is 2.04. The Morgan fingerprint density at radius 1 is 1.06 bits per heavy atom. The van der Waals surface area contributed by atoms with Gasteiger partial charge in [-0.2, -0.15) is 0 Å². The summed E-state index contributed by atoms with van der Waals surface area (Å²) in [7, 11) is -0.881. The van der Waals surface area contributed by atoms with Gasteiger partial charge >= 0.3 is 7.12 Å². The van der Waals surface area contributed by atoms with E-state index in [1.165, 1.54) is 6.07 Å². The summed E-state index contributed by atoms with van der Waals surface area (Å²) in [5.41, 5.74) is -1.05. The van der Waals surface area contributed by atoms with Gasteiger partial charge in [-0.25, -0.2) is 8.78 Å². The van der Waals surface area contributed by atoms with Crippen molar-refractivity contribution in [3.8, 4) is 0 Å². The van der Waals surface area contributed by atoms with Crippen LogP contribution in [0.5, 0.6) is 0 Å². The molecule has 0 aliphatic carbocycles. The zero-order valence-corrected chi connectivity index (χ0v) is 11.4. The molecule has 0 bridgehead atoms. The lowest BCUT2D eigenvalue weighted by Gasteiger charge is -2.32. The Bertz CT molecular complexity index is 475. The number of halogens is 3. The van der Waals surface area contributed by atoms with Crippen LogP contribution in [0.25, 0.3) is 0 Å². The summed E-state index contributed by atoms with van der Waals surface area (Å²) in [6, 6.07) is 2.39. The molecule has 0 saturated carbocycles. The lowest BCUT2D eigenvalue weighted by Crippen LogP contribution is -2.41. The number of rotatable bonds is 1. The van der Waals surface area contributed by atoms with Gasteiger partial charge in [0.1, 0.15) is 16.7 Å². The largest absolute Gasteiger partial charge is 0.497 e. The molecule has 6 heteroatoms. The minimum atomic E-state index is -0.881. The van der Waals surface area contributed by atoms with E-state index in [0.29, 0.717) is 0 Å². The maximum Gasteiger partial charge on any atom is 0.497 e. The Kier molecular flexibility index (Phi) is 3.20. The van der Waals surface area contributed by atoms with E-state index in [1.54, 1.807) is 0 Å². The maximum absolute atomic E-state index is 13.9. The minimum absolute atomic E-state index is 0.111. The van der Waals surface area contributed by atoms with Crippen LogP contribution in [0.4, 0.5) is 8.78 Å². The van der Waals surface area contributed by atoms with Crippen LogP contribution < -0.4 is 5.46 Å². The first kappa shape index (κ1) is 13.8. The van der Waals surface area contributed by atoms with E-state index in [4.69, 9.17) is 20.9 Å². The van der Waals surface area contributed by atoms with Crippen molar-refractivity contribution in [2.45, 2.75) is 38.9 Å². The third-order valence-corrected chi connectivity index (χ3v) is 3.92. The molecule has 1 fully saturated rings. The number of hydrogen-bond acceptors (Lipinski definition) is 2. The molecule has 1 aromatic rings. The van der Waals surface area contributed by atoms with Crippen molar-refractivity contribution in [1.29, 1.82) is 0 Å². The first-order chi connectivity index (χ1) is 8.16. The summed E-state index contributed by atoms with van der Waals surface area (Å²) in [6.07, 6.45) is 0. The molecule has 1 aromatic carbocycles. The monoisotopic (exact) mass is 274 g/mol. The van der Waals surface area contributed by atoms with Gasteiger partial charge < -0.3 is 9.31 Å². The van der Waals surface area contributed by atoms with Crippen molar-refractivity contribution in [3.63, 3.8) is 0 Å². The van der Waals surface area contributed by atoms with Crippen LogP contribution in [-0.4, -0.2) is 18.3 Å². The second-order valence-corrected chi connectivity index (χ2v) is 5.73. The summed E-state index contributed by atoms with van der Waals surface area (Å²) in [5.74, 6) is -1.63. The minimum Gasteiger partial charge on any atom is -0.399 e. The van der Waals surface area contributed by atoms with Crippen LogP contribution in [0.1, 0.15) is 27.7 Å². The molecule has 18 heavy (non-hydrogen) atoms. The fourth-order valence-corrected chi connectivity index (χ4v) is 1.87. The van der Waals surface area contributed by atoms with Crippen molar-refractivity contribution in [1.82, 2.24) is 0 Å². The van der Waals surface area contributed by atoms with E-state index in [-0.39, 0.29) is 5.46 Å². The van der Waals surface area contributed by atoms with Crippen LogP contribution in [0.15, 0.2) is 12.1 Å². The normalized spacial score (nSPS) is 21.4. The van der Waals surface area contributed by atoms with E-state index in [1.807, 2.05) is 27.7 Å². The molecule has 0 radical (unpaired) electrons. The molecule has 1 saturated heterocycles. The zero-order valence-electron chi connectivity index (χ0n) is 10.7. The van der Waals surface area contributed by atoms with E-state index in [2.05, 4.69) is 0 Å². The fraction of sp³-hybridized carbons (Fsp3) is 0.500. The Morgan fingerprint density at radius 3 is 2.06 bits per heavy atom. The van der Waals surface area contributed by atoms with Gasteiger partial charge in [-0.1, -0.05) is 17.7 Å². The van der Waals surface area contributed by atoms with E-state index in [0.717, 1.165) is 6.07 Å². The Labute approximate surface area is 110 Å². The Morgan fingerprint density at radius 2 is 1.56 bits per heavy atom. The molecular formula is C12H14BClF2O2. The highest BCUT2D eigenvalue weighted by atomic mass is 35.5. The average molecular weight is 275 g/mol. The molecule has 1 aliphatic heterocycles. The smallest absolute Gasteiger partial charge is 0.399 e. The summed E-state index contributed by atoms with van der Waals surface area (Å²) in [5, 5.41) is -0.540. The fourth-order valence-electron chi connectivity index (χ4n) is 1.69. The summed E-state index contributed by atoms with van der Waals surface area (Å²) < 4.78 is 38.3. The van der Waals surface area contributed by atoms with E-state index >= 15 is 0 Å². The van der Waals surface area contributed by atoms with Gasteiger partial charge in [-0.05, 0) is 33.8 Å². The third-order valence-electron chi connectivity index (χ3n) is 3.57. The first-order valence-electron chi connectivity index (χ1n) is 5.65. The first-order valence-corrected chi connectivity index (χ1v) is 6.02. The predicted molar refractivity (Wildman–Crippen MR) is 67.1 cm³/mol. The second kappa shape index (κ2) is 4.18. The highest BCUT2D eigenvalue weighted by Gasteiger charge is 2.52. The molecule has 1 aliphatic rings. The van der Waals surface area contributed by atoms with Crippen molar-refractivity contribution in [2.75, 3.05) is 0 Å². The van der Waals surface area contributed by atoms with Crippen LogP contribution in [0, 0.1) is 11.6 Å². The molecule has 0 amide bonds. The van der Waals surface area contributed by atoms with Crippen LogP contribution in [0.3, 0.4) is 0 Å². The molecule has 0 atom stereocenters. The van der Waals surface area contributed by atoms with Gasteiger partial charge in [-0.15, -0.1) is 0 Å². The molecule has 2 nitrogen and oxygen atoms in total. The lowest BCUT2D eigenvalue weighted by atomic mass is 9.78. The summed E-state index contributed by atoms with van der Waals surface area (Å²) >= 11 is 5.54. The second-order valence-electron chi connectivity index (χ2n) is 5.35. The van der Waals surface area contributed by atoms with Gasteiger partial charge in [0.25, 0.3) is 0 Å². The Hall–Kier alpha value is -0.645. The summed E-state index contributed by atoms with van der Waals surface area (Å²) in [4.78, 5) is 0. The molecule has 0 aromatic heterocycles. The number of hydrogen-bond donors (Lipinski definition) is 0. The molecule has 0 unspecified atom stereocenters. The van der Waals surface area contributed by atoms with Crippen LogP contribution in [0.2, 0.25) is 5.02 Å². The van der Waals surface area contributed by atoms with Gasteiger partial charge in [0.15, 0.2) is 0 Å². The van der Waals surface area contributed by atoms with Gasteiger partial charge in [0, 0.05) is 5.46 Å². The van der Waals surface area contributed by atoms with Gasteiger partial charge in [0.05, 0.1) is 11.2 Å². The highest BCUT2D eigenvalue weighted by molar-refractivity contribution is 6.62. The van der Waals surface area contributed by atoms with Crippen molar-refractivity contribution < 1.29 is 18.1 Å². The quantitative estimate of drug-likeness (QED) is 0.579. The molecule has 1 heterocycles. The Balaban J connectivity index is 2.39. The molecule has 98 valence electrons. The topological polar surface area (TPSA) is 18.5 Å². The van der Waals surface area contributed by atoms with Crippen molar-refractivity contribution in [2.24, 2.45) is 0 Å². The molecule has 0 N–H and O–H groups in total. The van der Waals surface area contributed by atoms with Crippen LogP contribution >= 0.6 is 11.6 Å². The average Bonchev–Trinajstić information content (AvgIpc) is 2.45. The molecule has 2 rings (SSSR count). The standard InChI is InChI=1S/C12H14BClF2O2/c1-11(2)12(3,4)18-13(17-11)7-5-6-8(15)9(14)10(7)16/h5-6H,1-4H3.